The smallest absolute Gasteiger partial charge is 0.339 e. The minimum atomic E-state index is -4.40. The molecule has 1 amide bonds. The Hall–Kier alpha value is -1.52. The summed E-state index contributed by atoms with van der Waals surface area (Å²) in [6.07, 6.45) is -4.40. The first-order valence-electron chi connectivity index (χ1n) is 5.14. The van der Waals surface area contributed by atoms with Crippen LogP contribution in [0.3, 0.4) is 0 Å². The van der Waals surface area contributed by atoms with E-state index in [9.17, 15) is 18.0 Å². The molecule has 0 aromatic heterocycles. The van der Waals surface area contributed by atoms with Crippen LogP contribution in [0.4, 0.5) is 13.2 Å². The van der Waals surface area contributed by atoms with Crippen LogP contribution in [-0.4, -0.2) is 17.9 Å². The molecule has 0 radical (unpaired) electrons. The average molecular weight is 245 g/mol. The molecule has 2 nitrogen and oxygen atoms in total. The van der Waals surface area contributed by atoms with E-state index in [-0.39, 0.29) is 11.5 Å². The molecule has 94 valence electrons. The number of hydrogen-bond donors (Lipinski definition) is 0. The summed E-state index contributed by atoms with van der Waals surface area (Å²) in [7, 11) is 1.49. The fourth-order valence-electron chi connectivity index (χ4n) is 1.60. The van der Waals surface area contributed by atoms with E-state index in [1.54, 1.807) is 6.92 Å². The Bertz CT molecular complexity index is 414. The SMILES string of the molecule is CC(=O)N(C)C(C)c1ccccc1C(F)(F)F. The van der Waals surface area contributed by atoms with Gasteiger partial charge in [0.1, 0.15) is 0 Å². The molecular formula is C12H14F3NO. The van der Waals surface area contributed by atoms with Gasteiger partial charge in [-0.2, -0.15) is 13.2 Å². The number of amides is 1. The monoisotopic (exact) mass is 245 g/mol. The molecule has 0 spiro atoms. The molecule has 0 aliphatic carbocycles. The Morgan fingerprint density at radius 1 is 1.29 bits per heavy atom. The van der Waals surface area contributed by atoms with Crippen molar-refractivity contribution in [2.75, 3.05) is 7.05 Å². The maximum atomic E-state index is 12.8. The Morgan fingerprint density at radius 2 is 1.82 bits per heavy atom. The fraction of sp³-hybridized carbons (Fsp3) is 0.417. The van der Waals surface area contributed by atoms with Gasteiger partial charge in [0.2, 0.25) is 5.91 Å². The molecule has 1 aromatic rings. The highest BCUT2D eigenvalue weighted by atomic mass is 19.4. The summed E-state index contributed by atoms with van der Waals surface area (Å²) in [6, 6.07) is 4.69. The number of rotatable bonds is 2. The van der Waals surface area contributed by atoms with Gasteiger partial charge in [0.25, 0.3) is 0 Å². The lowest BCUT2D eigenvalue weighted by Crippen LogP contribution is -2.28. The Morgan fingerprint density at radius 3 is 2.29 bits per heavy atom. The molecule has 0 bridgehead atoms. The van der Waals surface area contributed by atoms with Gasteiger partial charge < -0.3 is 4.90 Å². The summed E-state index contributed by atoms with van der Waals surface area (Å²) in [4.78, 5) is 12.4. The minimum absolute atomic E-state index is 0.109. The molecule has 0 saturated carbocycles. The van der Waals surface area contributed by atoms with Gasteiger partial charge in [-0.05, 0) is 18.6 Å². The third-order valence-corrected chi connectivity index (χ3v) is 2.79. The molecule has 1 aromatic carbocycles. The maximum Gasteiger partial charge on any atom is 0.416 e. The van der Waals surface area contributed by atoms with Crippen LogP contribution in [0.15, 0.2) is 24.3 Å². The van der Waals surface area contributed by atoms with Crippen LogP contribution >= 0.6 is 0 Å². The van der Waals surface area contributed by atoms with Gasteiger partial charge in [-0.25, -0.2) is 0 Å². The summed E-state index contributed by atoms with van der Waals surface area (Å²) < 4.78 is 38.3. The number of carbonyl (C=O) groups excluding carboxylic acids is 1. The lowest BCUT2D eigenvalue weighted by molar-refractivity contribution is -0.140. The summed E-state index contributed by atoms with van der Waals surface area (Å²) in [5, 5.41) is 0. The second-order valence-corrected chi connectivity index (χ2v) is 3.89. The van der Waals surface area contributed by atoms with E-state index in [4.69, 9.17) is 0 Å². The first kappa shape index (κ1) is 13.5. The molecule has 0 aliphatic heterocycles. The Balaban J connectivity index is 3.18. The van der Waals surface area contributed by atoms with Crippen LogP contribution in [0, 0.1) is 0 Å². The molecule has 1 atom stereocenters. The third-order valence-electron chi connectivity index (χ3n) is 2.79. The lowest BCUT2D eigenvalue weighted by atomic mass is 10.00. The normalized spacial score (nSPS) is 13.3. The zero-order chi connectivity index (χ0) is 13.2. The van der Waals surface area contributed by atoms with Gasteiger partial charge in [-0.1, -0.05) is 18.2 Å². The van der Waals surface area contributed by atoms with Crippen LogP contribution in [0.1, 0.15) is 31.0 Å². The number of halogens is 3. The first-order valence-corrected chi connectivity index (χ1v) is 5.14. The van der Waals surface area contributed by atoms with Gasteiger partial charge in [-0.15, -0.1) is 0 Å². The third kappa shape index (κ3) is 2.99. The number of benzene rings is 1. The number of nitrogens with zero attached hydrogens (tertiary/aromatic N) is 1. The van der Waals surface area contributed by atoms with E-state index in [1.165, 1.54) is 37.1 Å². The van der Waals surface area contributed by atoms with Crippen molar-refractivity contribution in [2.45, 2.75) is 26.1 Å². The minimum Gasteiger partial charge on any atom is -0.339 e. The number of carbonyl (C=O) groups is 1. The molecule has 0 N–H and O–H groups in total. The standard InChI is InChI=1S/C12H14F3NO/c1-8(16(3)9(2)17)10-6-4-5-7-11(10)12(13,14)15/h4-8H,1-3H3. The van der Waals surface area contributed by atoms with Crippen LogP contribution in [0.5, 0.6) is 0 Å². The quantitative estimate of drug-likeness (QED) is 0.783. The van der Waals surface area contributed by atoms with Crippen molar-refractivity contribution < 1.29 is 18.0 Å². The predicted molar refractivity (Wildman–Crippen MR) is 58.3 cm³/mol. The summed E-state index contributed by atoms with van der Waals surface area (Å²) >= 11 is 0. The maximum absolute atomic E-state index is 12.8. The summed E-state index contributed by atoms with van der Waals surface area (Å²) in [5.74, 6) is -0.269. The van der Waals surface area contributed by atoms with Crippen molar-refractivity contribution >= 4 is 5.91 Å². The van der Waals surface area contributed by atoms with Crippen molar-refractivity contribution in [3.63, 3.8) is 0 Å². The molecule has 1 rings (SSSR count). The molecule has 0 fully saturated rings. The van der Waals surface area contributed by atoms with Crippen molar-refractivity contribution in [1.82, 2.24) is 4.90 Å². The van der Waals surface area contributed by atoms with Crippen molar-refractivity contribution in [1.29, 1.82) is 0 Å². The molecule has 0 aliphatic rings. The van der Waals surface area contributed by atoms with Crippen LogP contribution in [0.2, 0.25) is 0 Å². The highest BCUT2D eigenvalue weighted by Crippen LogP contribution is 2.35. The highest BCUT2D eigenvalue weighted by Gasteiger charge is 2.34. The van der Waals surface area contributed by atoms with E-state index in [2.05, 4.69) is 0 Å². The predicted octanol–water partition coefficient (Wildman–Crippen LogP) is 3.24. The van der Waals surface area contributed by atoms with Gasteiger partial charge >= 0.3 is 6.18 Å². The average Bonchev–Trinajstić information content (AvgIpc) is 2.25. The summed E-state index contributed by atoms with van der Waals surface area (Å²) in [6.45, 7) is 2.90. The molecule has 1 unspecified atom stereocenters. The molecule has 17 heavy (non-hydrogen) atoms. The molecule has 0 heterocycles. The Labute approximate surface area is 98.0 Å². The van der Waals surface area contributed by atoms with Gasteiger partial charge in [0.15, 0.2) is 0 Å². The fourth-order valence-corrected chi connectivity index (χ4v) is 1.60. The molecule has 5 heteroatoms. The second-order valence-electron chi connectivity index (χ2n) is 3.89. The Kier molecular flexibility index (Phi) is 3.80. The molecule has 0 saturated heterocycles. The van der Waals surface area contributed by atoms with Crippen LogP contribution in [0.25, 0.3) is 0 Å². The zero-order valence-electron chi connectivity index (χ0n) is 9.88. The number of hydrogen-bond acceptors (Lipinski definition) is 1. The van der Waals surface area contributed by atoms with E-state index < -0.39 is 17.8 Å². The van der Waals surface area contributed by atoms with Crippen molar-refractivity contribution in [3.8, 4) is 0 Å². The zero-order valence-corrected chi connectivity index (χ0v) is 9.88. The lowest BCUT2D eigenvalue weighted by Gasteiger charge is -2.26. The van der Waals surface area contributed by atoms with Gasteiger partial charge in [0, 0.05) is 14.0 Å². The van der Waals surface area contributed by atoms with Crippen LogP contribution in [-0.2, 0) is 11.0 Å². The van der Waals surface area contributed by atoms with Gasteiger partial charge in [-0.3, -0.25) is 4.79 Å². The van der Waals surface area contributed by atoms with E-state index in [0.29, 0.717) is 0 Å². The van der Waals surface area contributed by atoms with E-state index in [1.807, 2.05) is 0 Å². The number of alkyl halides is 3. The van der Waals surface area contributed by atoms with Crippen LogP contribution < -0.4 is 0 Å². The van der Waals surface area contributed by atoms with Gasteiger partial charge in [0.05, 0.1) is 11.6 Å². The topological polar surface area (TPSA) is 20.3 Å². The highest BCUT2D eigenvalue weighted by molar-refractivity contribution is 5.73. The second kappa shape index (κ2) is 4.77. The largest absolute Gasteiger partial charge is 0.416 e. The molecular weight excluding hydrogens is 231 g/mol. The first-order chi connectivity index (χ1) is 7.75. The van der Waals surface area contributed by atoms with Crippen molar-refractivity contribution in [3.05, 3.63) is 35.4 Å². The van der Waals surface area contributed by atoms with E-state index in [0.717, 1.165) is 6.07 Å². The van der Waals surface area contributed by atoms with Crippen molar-refractivity contribution in [2.24, 2.45) is 0 Å². The van der Waals surface area contributed by atoms with E-state index >= 15 is 0 Å². The summed E-state index contributed by atoms with van der Waals surface area (Å²) in [5.41, 5.74) is -0.585.